The summed E-state index contributed by atoms with van der Waals surface area (Å²) in [6, 6.07) is 2.10. The number of hydrogen-bond acceptors (Lipinski definition) is 9. The van der Waals surface area contributed by atoms with E-state index in [0.717, 1.165) is 37.4 Å². The van der Waals surface area contributed by atoms with E-state index in [1.807, 2.05) is 0 Å². The van der Waals surface area contributed by atoms with Crippen molar-refractivity contribution in [2.75, 3.05) is 30.8 Å². The third-order valence-corrected chi connectivity index (χ3v) is 9.53. The molecule has 1 saturated heterocycles. The number of fused-ring (bicyclic) bond motifs is 1. The van der Waals surface area contributed by atoms with Crippen LogP contribution >= 0.6 is 11.6 Å². The maximum absolute atomic E-state index is 12.8. The number of sulfone groups is 1. The average molecular weight is 560 g/mol. The molecule has 0 amide bonds. The molecule has 10 nitrogen and oxygen atoms in total. The molecule has 2 N–H and O–H groups in total. The maximum Gasteiger partial charge on any atom is 0.229 e. The van der Waals surface area contributed by atoms with Crippen LogP contribution in [0.5, 0.6) is 5.75 Å². The topological polar surface area (TPSA) is 114 Å². The van der Waals surface area contributed by atoms with Crippen LogP contribution in [0.1, 0.15) is 49.8 Å². The molecule has 2 atom stereocenters. The molecule has 38 heavy (non-hydrogen) atoms. The lowest BCUT2D eigenvalue weighted by molar-refractivity contribution is 0.256. The Labute approximate surface area is 228 Å². The zero-order valence-electron chi connectivity index (χ0n) is 22.5. The van der Waals surface area contributed by atoms with Crippen molar-refractivity contribution < 1.29 is 13.2 Å². The van der Waals surface area contributed by atoms with E-state index in [2.05, 4.69) is 57.6 Å². The number of likely N-dealkylation sites (tertiary alicyclic amines) is 1. The molecular weight excluding hydrogens is 526 g/mol. The van der Waals surface area contributed by atoms with Gasteiger partial charge in [-0.2, -0.15) is 10.1 Å². The van der Waals surface area contributed by atoms with Gasteiger partial charge in [-0.1, -0.05) is 11.6 Å². The van der Waals surface area contributed by atoms with E-state index in [9.17, 15) is 8.42 Å². The maximum atomic E-state index is 12.8. The SMILES string of the molecule is Cc1cc(Nc2ncc(Cl)c(Nc3cn(C)nc3S(=O)(=O)C(C)C)n2)c2c(c1C1CCN(C)C1)C[C@@H](C)O2. The number of ether oxygens (including phenoxy) is 1. The number of anilines is 4. The summed E-state index contributed by atoms with van der Waals surface area (Å²) in [4.78, 5) is 11.3. The Morgan fingerprint density at radius 3 is 2.66 bits per heavy atom. The first-order valence-electron chi connectivity index (χ1n) is 12.8. The van der Waals surface area contributed by atoms with E-state index < -0.39 is 15.1 Å². The van der Waals surface area contributed by atoms with Gasteiger partial charge in [-0.25, -0.2) is 13.4 Å². The Hall–Kier alpha value is -2.89. The molecule has 2 aliphatic rings. The highest BCUT2D eigenvalue weighted by Gasteiger charge is 2.33. The van der Waals surface area contributed by atoms with Crippen molar-refractivity contribution in [1.82, 2.24) is 24.6 Å². The highest BCUT2D eigenvalue weighted by molar-refractivity contribution is 7.92. The van der Waals surface area contributed by atoms with Crippen LogP contribution < -0.4 is 15.4 Å². The van der Waals surface area contributed by atoms with E-state index in [0.29, 0.717) is 17.6 Å². The molecule has 2 aromatic heterocycles. The van der Waals surface area contributed by atoms with Gasteiger partial charge in [-0.3, -0.25) is 4.68 Å². The molecular formula is C26H34ClN7O3S. The average Bonchev–Trinajstić information content (AvgIpc) is 3.54. The largest absolute Gasteiger partial charge is 0.488 e. The van der Waals surface area contributed by atoms with Gasteiger partial charge in [0.2, 0.25) is 20.8 Å². The fourth-order valence-electron chi connectivity index (χ4n) is 5.33. The molecule has 2 aliphatic heterocycles. The van der Waals surface area contributed by atoms with Crippen LogP contribution in [-0.4, -0.2) is 64.6 Å². The molecule has 1 unspecified atom stereocenters. The molecule has 3 aromatic rings. The van der Waals surface area contributed by atoms with Gasteiger partial charge in [0.25, 0.3) is 0 Å². The summed E-state index contributed by atoms with van der Waals surface area (Å²) in [7, 11) is 0.204. The molecule has 204 valence electrons. The van der Waals surface area contributed by atoms with E-state index in [1.165, 1.54) is 27.6 Å². The quantitative estimate of drug-likeness (QED) is 0.429. The Bertz CT molecular complexity index is 1490. The van der Waals surface area contributed by atoms with Gasteiger partial charge in [-0.05, 0) is 70.8 Å². The van der Waals surface area contributed by atoms with Gasteiger partial charge in [0.05, 0.1) is 22.8 Å². The second kappa shape index (κ2) is 10.0. The summed E-state index contributed by atoms with van der Waals surface area (Å²) in [6.07, 6.45) is 5.16. The van der Waals surface area contributed by atoms with Crippen LogP contribution in [0.3, 0.4) is 0 Å². The van der Waals surface area contributed by atoms with Crippen molar-refractivity contribution in [1.29, 1.82) is 0 Å². The van der Waals surface area contributed by atoms with Crippen molar-refractivity contribution in [3.8, 4) is 5.75 Å². The minimum absolute atomic E-state index is 0.0526. The second-order valence-electron chi connectivity index (χ2n) is 10.6. The number of rotatable bonds is 7. The zero-order chi connectivity index (χ0) is 27.4. The van der Waals surface area contributed by atoms with E-state index in [-0.39, 0.29) is 22.0 Å². The lowest BCUT2D eigenvalue weighted by Crippen LogP contribution is -2.16. The minimum atomic E-state index is -3.63. The zero-order valence-corrected chi connectivity index (χ0v) is 24.1. The summed E-state index contributed by atoms with van der Waals surface area (Å²) >= 11 is 6.41. The molecule has 0 spiro atoms. The number of aromatic nitrogens is 4. The lowest BCUT2D eigenvalue weighted by Gasteiger charge is -2.20. The second-order valence-corrected chi connectivity index (χ2v) is 13.4. The standard InChI is InChI=1S/C26H34ClN7O3S/c1-14(2)38(35,36)25-21(13-34(6)32-25)29-24-19(27)11-28-26(31-24)30-20-9-15(3)22(17-7-8-33(5)12-17)18-10-16(4)37-23(18)20/h9,11,13-14,16-17H,7-8,10,12H2,1-6H3,(H2,28,29,30,31)/t16-,17?/m1/s1. The highest BCUT2D eigenvalue weighted by atomic mass is 35.5. The number of benzene rings is 1. The number of hydrogen-bond donors (Lipinski definition) is 2. The molecule has 12 heteroatoms. The highest BCUT2D eigenvalue weighted by Crippen LogP contribution is 2.45. The minimum Gasteiger partial charge on any atom is -0.488 e. The fourth-order valence-corrected chi connectivity index (χ4v) is 6.57. The molecule has 1 fully saturated rings. The molecule has 0 saturated carbocycles. The Balaban J connectivity index is 1.47. The number of aryl methyl sites for hydroxylation is 2. The Morgan fingerprint density at radius 2 is 1.97 bits per heavy atom. The van der Waals surface area contributed by atoms with Crippen LogP contribution in [0.25, 0.3) is 0 Å². The van der Waals surface area contributed by atoms with Crippen LogP contribution in [0, 0.1) is 6.92 Å². The van der Waals surface area contributed by atoms with Gasteiger partial charge < -0.3 is 20.3 Å². The first kappa shape index (κ1) is 26.7. The van der Waals surface area contributed by atoms with Crippen LogP contribution in [0.2, 0.25) is 5.02 Å². The third-order valence-electron chi connectivity index (χ3n) is 7.17. The first-order chi connectivity index (χ1) is 17.9. The predicted molar refractivity (Wildman–Crippen MR) is 149 cm³/mol. The number of nitrogens with one attached hydrogen (secondary N) is 2. The van der Waals surface area contributed by atoms with Gasteiger partial charge in [0.15, 0.2) is 5.82 Å². The monoisotopic (exact) mass is 559 g/mol. The first-order valence-corrected chi connectivity index (χ1v) is 14.7. The van der Waals surface area contributed by atoms with E-state index in [4.69, 9.17) is 16.3 Å². The molecule has 1 aromatic carbocycles. The van der Waals surface area contributed by atoms with Crippen LogP contribution in [-0.2, 0) is 23.3 Å². The molecule has 4 heterocycles. The third kappa shape index (κ3) is 4.94. The number of nitrogens with zero attached hydrogens (tertiary/aromatic N) is 5. The predicted octanol–water partition coefficient (Wildman–Crippen LogP) is 4.58. The van der Waals surface area contributed by atoms with Crippen molar-refractivity contribution in [3.63, 3.8) is 0 Å². The lowest BCUT2D eigenvalue weighted by atomic mass is 9.87. The Kier molecular flexibility index (Phi) is 7.04. The van der Waals surface area contributed by atoms with Gasteiger partial charge in [-0.15, -0.1) is 0 Å². The Morgan fingerprint density at radius 1 is 1.21 bits per heavy atom. The van der Waals surface area contributed by atoms with Crippen molar-refractivity contribution >= 4 is 44.6 Å². The van der Waals surface area contributed by atoms with Crippen molar-refractivity contribution in [2.45, 2.75) is 62.8 Å². The van der Waals surface area contributed by atoms with Gasteiger partial charge in [0.1, 0.15) is 16.9 Å². The molecule has 0 bridgehead atoms. The smallest absolute Gasteiger partial charge is 0.229 e. The molecule has 0 radical (unpaired) electrons. The van der Waals surface area contributed by atoms with E-state index >= 15 is 0 Å². The van der Waals surface area contributed by atoms with E-state index in [1.54, 1.807) is 27.1 Å². The van der Waals surface area contributed by atoms with Gasteiger partial charge >= 0.3 is 0 Å². The summed E-state index contributed by atoms with van der Waals surface area (Å²) < 4.78 is 33.4. The number of halogens is 1. The van der Waals surface area contributed by atoms with Crippen LogP contribution in [0.4, 0.5) is 23.1 Å². The normalized spacial score (nSPS) is 19.6. The summed E-state index contributed by atoms with van der Waals surface area (Å²) in [5.41, 5.74) is 4.97. The molecule has 5 rings (SSSR count). The fraction of sp³-hybridized carbons (Fsp3) is 0.500. The van der Waals surface area contributed by atoms with Crippen molar-refractivity contribution in [3.05, 3.63) is 40.2 Å². The van der Waals surface area contributed by atoms with Crippen LogP contribution in [0.15, 0.2) is 23.5 Å². The van der Waals surface area contributed by atoms with Crippen molar-refractivity contribution in [2.24, 2.45) is 7.05 Å². The molecule has 0 aliphatic carbocycles. The summed E-state index contributed by atoms with van der Waals surface area (Å²) in [5.74, 6) is 1.92. The number of likely N-dealkylation sites (N-methyl/N-ethyl adjacent to an activating group) is 1. The summed E-state index contributed by atoms with van der Waals surface area (Å²) in [5, 5.41) is 10.1. The summed E-state index contributed by atoms with van der Waals surface area (Å²) in [6.45, 7) is 9.62. The van der Waals surface area contributed by atoms with Gasteiger partial charge in [0, 0.05) is 31.8 Å².